The highest BCUT2D eigenvalue weighted by molar-refractivity contribution is 6.13. The Labute approximate surface area is 324 Å². The van der Waals surface area contributed by atoms with Crippen LogP contribution in [-0.2, 0) is 5.41 Å². The number of aromatic nitrogens is 5. The van der Waals surface area contributed by atoms with E-state index in [1.54, 1.807) is 0 Å². The third kappa shape index (κ3) is 4.87. The van der Waals surface area contributed by atoms with Crippen molar-refractivity contribution in [3.05, 3.63) is 193 Å². The number of hydrogen-bond donors (Lipinski definition) is 1. The van der Waals surface area contributed by atoms with Gasteiger partial charge in [0.2, 0.25) is 0 Å². The van der Waals surface area contributed by atoms with Crippen molar-refractivity contribution in [1.82, 2.24) is 24.1 Å². The van der Waals surface area contributed by atoms with Gasteiger partial charge in [-0.3, -0.25) is 9.13 Å². The van der Waals surface area contributed by atoms with E-state index in [4.69, 9.17) is 9.97 Å². The number of para-hydroxylation sites is 5. The van der Waals surface area contributed by atoms with Gasteiger partial charge in [-0.2, -0.15) is 0 Å². The lowest BCUT2D eigenvalue weighted by molar-refractivity contribution is 0.639. The van der Waals surface area contributed by atoms with Crippen molar-refractivity contribution >= 4 is 54.6 Å². The van der Waals surface area contributed by atoms with Crippen LogP contribution in [-0.4, -0.2) is 24.1 Å². The van der Waals surface area contributed by atoms with Crippen molar-refractivity contribution in [2.75, 3.05) is 0 Å². The van der Waals surface area contributed by atoms with Gasteiger partial charge in [0.15, 0.2) is 0 Å². The second kappa shape index (κ2) is 12.4. The topological polar surface area (TPSA) is 51.4 Å². The molecular weight excluding hydrogens is 683 g/mol. The third-order valence-corrected chi connectivity index (χ3v) is 11.7. The summed E-state index contributed by atoms with van der Waals surface area (Å²) in [5.74, 6) is 1.79. The molecule has 0 aliphatic carbocycles. The highest BCUT2D eigenvalue weighted by Gasteiger charge is 2.25. The number of H-pyrrole nitrogens is 1. The molecule has 5 heteroatoms. The fourth-order valence-electron chi connectivity index (χ4n) is 8.75. The van der Waals surface area contributed by atoms with Crippen LogP contribution in [0.4, 0.5) is 0 Å². The molecule has 0 spiro atoms. The molecule has 4 aromatic heterocycles. The summed E-state index contributed by atoms with van der Waals surface area (Å²) in [6, 6.07) is 62.7. The summed E-state index contributed by atoms with van der Waals surface area (Å²) in [4.78, 5) is 14.3. The molecule has 0 aliphatic rings. The number of fused-ring (bicyclic) bond motifs is 7. The summed E-state index contributed by atoms with van der Waals surface area (Å²) in [7, 11) is 0. The summed E-state index contributed by atoms with van der Waals surface area (Å²) in [5, 5.41) is 4.78. The lowest BCUT2D eigenvalue weighted by atomic mass is 9.78. The molecule has 0 radical (unpaired) electrons. The Morgan fingerprint density at radius 1 is 0.500 bits per heavy atom. The van der Waals surface area contributed by atoms with Gasteiger partial charge in [-0.25, -0.2) is 9.97 Å². The summed E-state index contributed by atoms with van der Waals surface area (Å²) >= 11 is 0. The lowest BCUT2D eigenvalue weighted by Crippen LogP contribution is -2.19. The zero-order valence-electron chi connectivity index (χ0n) is 31.1. The van der Waals surface area contributed by atoms with Gasteiger partial charge in [0.05, 0.1) is 27.6 Å². The monoisotopic (exact) mass is 719 g/mol. The molecule has 7 aromatic carbocycles. The van der Waals surface area contributed by atoms with Crippen LogP contribution < -0.4 is 0 Å². The standard InChI is InChI=1S/C51H37N5/c1-51(2,34-15-5-3-6-16-34)35-29-30-52-47(32-35)56-44-25-12-10-20-39(44)40-28-27-33(31-46(40)56)37-21-14-26-45-49(37)54-50(55(45)36-17-7-4-8-18-36)42-23-13-22-41-38-19-9-11-24-43(38)53-48(41)42/h3-32,53H,1-2H3. The number of hydrogen-bond acceptors (Lipinski definition) is 2. The van der Waals surface area contributed by atoms with Crippen molar-refractivity contribution in [3.63, 3.8) is 0 Å². The summed E-state index contributed by atoms with van der Waals surface area (Å²) in [6.45, 7) is 4.57. The maximum atomic E-state index is 5.55. The van der Waals surface area contributed by atoms with Gasteiger partial charge in [-0.05, 0) is 71.3 Å². The second-order valence-corrected chi connectivity index (χ2v) is 15.2. The maximum absolute atomic E-state index is 5.55. The second-order valence-electron chi connectivity index (χ2n) is 15.2. The van der Waals surface area contributed by atoms with E-state index in [1.807, 2.05) is 6.20 Å². The van der Waals surface area contributed by atoms with Gasteiger partial charge >= 0.3 is 0 Å². The van der Waals surface area contributed by atoms with E-state index in [2.05, 4.69) is 204 Å². The number of nitrogens with one attached hydrogen (secondary N) is 1. The summed E-state index contributed by atoms with van der Waals surface area (Å²) < 4.78 is 4.63. The number of rotatable bonds is 6. The fourth-order valence-corrected chi connectivity index (χ4v) is 8.75. The average Bonchev–Trinajstić information content (AvgIpc) is 3.94. The molecule has 0 saturated heterocycles. The summed E-state index contributed by atoms with van der Waals surface area (Å²) in [6.07, 6.45) is 1.95. The molecule has 0 saturated carbocycles. The van der Waals surface area contributed by atoms with E-state index in [9.17, 15) is 0 Å². The molecule has 0 unspecified atom stereocenters. The number of nitrogens with zero attached hydrogens (tertiary/aromatic N) is 4. The van der Waals surface area contributed by atoms with Gasteiger partial charge in [-0.15, -0.1) is 0 Å². The number of imidazole rings is 1. The molecule has 11 rings (SSSR count). The highest BCUT2D eigenvalue weighted by atomic mass is 15.1. The van der Waals surface area contributed by atoms with Crippen LogP contribution in [0.2, 0.25) is 0 Å². The Bertz CT molecular complexity index is 3270. The number of aromatic amines is 1. The van der Waals surface area contributed by atoms with Crippen LogP contribution in [0.25, 0.3) is 88.7 Å². The molecule has 0 bridgehead atoms. The Balaban J connectivity index is 1.14. The van der Waals surface area contributed by atoms with E-state index in [-0.39, 0.29) is 5.41 Å². The van der Waals surface area contributed by atoms with Crippen LogP contribution >= 0.6 is 0 Å². The van der Waals surface area contributed by atoms with E-state index in [1.165, 1.54) is 32.7 Å². The van der Waals surface area contributed by atoms with E-state index in [0.717, 1.165) is 67.1 Å². The first kappa shape index (κ1) is 32.2. The average molecular weight is 720 g/mol. The minimum Gasteiger partial charge on any atom is -0.354 e. The first-order chi connectivity index (χ1) is 27.5. The fraction of sp³-hybridized carbons (Fsp3) is 0.0588. The first-order valence-corrected chi connectivity index (χ1v) is 19.2. The van der Waals surface area contributed by atoms with Crippen LogP contribution in [0.5, 0.6) is 0 Å². The molecular formula is C51H37N5. The van der Waals surface area contributed by atoms with Gasteiger partial charge < -0.3 is 4.98 Å². The van der Waals surface area contributed by atoms with Crippen molar-refractivity contribution in [2.24, 2.45) is 0 Å². The molecule has 266 valence electrons. The summed E-state index contributed by atoms with van der Waals surface area (Å²) in [5.41, 5.74) is 13.0. The quantitative estimate of drug-likeness (QED) is 0.186. The third-order valence-electron chi connectivity index (χ3n) is 11.7. The molecule has 4 heterocycles. The van der Waals surface area contributed by atoms with E-state index in [0.29, 0.717) is 0 Å². The highest BCUT2D eigenvalue weighted by Crippen LogP contribution is 2.41. The van der Waals surface area contributed by atoms with E-state index >= 15 is 0 Å². The first-order valence-electron chi connectivity index (χ1n) is 19.2. The lowest BCUT2D eigenvalue weighted by Gasteiger charge is -2.26. The Morgan fingerprint density at radius 3 is 2.04 bits per heavy atom. The molecule has 0 fully saturated rings. The Kier molecular flexibility index (Phi) is 7.13. The minimum atomic E-state index is -0.203. The molecule has 0 aliphatic heterocycles. The van der Waals surface area contributed by atoms with Crippen molar-refractivity contribution in [2.45, 2.75) is 19.3 Å². The van der Waals surface area contributed by atoms with Crippen LogP contribution in [0, 0.1) is 0 Å². The normalized spacial score (nSPS) is 12.1. The molecule has 0 atom stereocenters. The zero-order chi connectivity index (χ0) is 37.4. The van der Waals surface area contributed by atoms with E-state index < -0.39 is 0 Å². The van der Waals surface area contributed by atoms with Gasteiger partial charge in [0, 0.05) is 55.5 Å². The molecule has 11 aromatic rings. The van der Waals surface area contributed by atoms with Gasteiger partial charge in [0.25, 0.3) is 0 Å². The minimum absolute atomic E-state index is 0.203. The molecule has 1 N–H and O–H groups in total. The van der Waals surface area contributed by atoms with Crippen LogP contribution in [0.3, 0.4) is 0 Å². The molecule has 5 nitrogen and oxygen atoms in total. The maximum Gasteiger partial charge on any atom is 0.147 e. The number of pyridine rings is 1. The zero-order valence-corrected chi connectivity index (χ0v) is 31.1. The van der Waals surface area contributed by atoms with Crippen LogP contribution in [0.15, 0.2) is 182 Å². The van der Waals surface area contributed by atoms with Crippen molar-refractivity contribution in [1.29, 1.82) is 0 Å². The predicted molar refractivity (Wildman–Crippen MR) is 232 cm³/mol. The van der Waals surface area contributed by atoms with Crippen molar-refractivity contribution in [3.8, 4) is 34.0 Å². The van der Waals surface area contributed by atoms with Crippen molar-refractivity contribution < 1.29 is 0 Å². The molecule has 56 heavy (non-hydrogen) atoms. The van der Waals surface area contributed by atoms with Gasteiger partial charge in [-0.1, -0.05) is 135 Å². The largest absolute Gasteiger partial charge is 0.354 e. The van der Waals surface area contributed by atoms with Crippen LogP contribution in [0.1, 0.15) is 25.0 Å². The Morgan fingerprint density at radius 2 is 1.18 bits per heavy atom. The number of benzene rings is 7. The molecule has 0 amide bonds. The van der Waals surface area contributed by atoms with Gasteiger partial charge in [0.1, 0.15) is 11.6 Å². The SMILES string of the molecule is CC(C)(c1ccccc1)c1ccnc(-n2c3ccccc3c3ccc(-c4cccc5c4nc(-c4cccc6c4[nH]c4ccccc46)n5-c4ccccc4)cc32)c1. The smallest absolute Gasteiger partial charge is 0.147 e. The predicted octanol–water partition coefficient (Wildman–Crippen LogP) is 12.8. The Hall–Kier alpha value is -7.24.